The van der Waals surface area contributed by atoms with Crippen molar-refractivity contribution in [2.45, 2.75) is 38.8 Å². The predicted molar refractivity (Wildman–Crippen MR) is 135 cm³/mol. The Morgan fingerprint density at radius 2 is 2.15 bits per heavy atom. The molecule has 1 aromatic carbocycles. The molecule has 7 nitrogen and oxygen atoms in total. The van der Waals surface area contributed by atoms with Crippen molar-refractivity contribution in [3.05, 3.63) is 66.6 Å². The van der Waals surface area contributed by atoms with Gasteiger partial charge in [-0.2, -0.15) is 13.5 Å². The van der Waals surface area contributed by atoms with E-state index in [1.165, 1.54) is 32.1 Å². The molecular weight excluding hydrogens is 607 g/mol. The summed E-state index contributed by atoms with van der Waals surface area (Å²) in [5.41, 5.74) is -3.53. The molecule has 0 fully saturated rings. The smallest absolute Gasteiger partial charge is 0.350 e. The molecule has 1 N–H and O–H groups in total. The fourth-order valence-electron chi connectivity index (χ4n) is 3.01. The van der Waals surface area contributed by atoms with Crippen LogP contribution in [-0.2, 0) is 13.2 Å². The molecule has 182 valence electrons. The molecule has 1 unspecified atom stereocenters. The van der Waals surface area contributed by atoms with E-state index in [4.69, 9.17) is 16.3 Å². The fraction of sp³-hybridized carbons (Fsp3) is 0.286. The number of hydrogen-bond acceptors (Lipinski definition) is 5. The summed E-state index contributed by atoms with van der Waals surface area (Å²) in [5, 5.41) is 13.7. The third kappa shape index (κ3) is 5.64. The molecule has 0 aliphatic carbocycles. The number of aliphatic hydroxyl groups is 1. The van der Waals surface area contributed by atoms with Crippen LogP contribution in [0.4, 0.5) is 13.2 Å². The molecule has 0 saturated carbocycles. The first-order chi connectivity index (χ1) is 16.0. The van der Waals surface area contributed by atoms with Gasteiger partial charge in [0.05, 0.1) is 11.3 Å². The van der Waals surface area contributed by atoms with E-state index < -0.39 is 29.9 Å². The van der Waals surface area contributed by atoms with Gasteiger partial charge in [0, 0.05) is 27.9 Å². The Hall–Kier alpha value is -1.95. The van der Waals surface area contributed by atoms with Gasteiger partial charge in [0.1, 0.15) is 23.3 Å². The van der Waals surface area contributed by atoms with Gasteiger partial charge < -0.3 is 9.84 Å². The minimum absolute atomic E-state index is 0.0597. The number of hydrogen-bond donors (Lipinski definition) is 1. The number of aliphatic hydroxyl groups excluding tert-OH is 1. The Balaban J connectivity index is 2.21. The van der Waals surface area contributed by atoms with Crippen LogP contribution in [0, 0.1) is 3.57 Å². The SMILES string of the molecule is CCn1c(CO)nn(-c2cc(O[C@@H](C)C(F)(F)P)c(/C(F)=C/c3cccnc3Cl)cc2I)c1=O. The summed E-state index contributed by atoms with van der Waals surface area (Å²) in [6.07, 6.45) is 0.913. The van der Waals surface area contributed by atoms with Gasteiger partial charge in [-0.15, -0.1) is 5.10 Å². The van der Waals surface area contributed by atoms with E-state index in [1.807, 2.05) is 22.6 Å². The number of ether oxygens (including phenoxy) is 1. The van der Waals surface area contributed by atoms with Crippen LogP contribution in [0.5, 0.6) is 5.75 Å². The first-order valence-electron chi connectivity index (χ1n) is 9.92. The first-order valence-corrected chi connectivity index (χ1v) is 12.0. The Labute approximate surface area is 213 Å². The molecule has 0 aliphatic heterocycles. The average Bonchev–Trinajstić information content (AvgIpc) is 3.10. The maximum absolute atomic E-state index is 15.4. The van der Waals surface area contributed by atoms with Crippen LogP contribution in [0.25, 0.3) is 17.6 Å². The highest BCUT2D eigenvalue weighted by atomic mass is 127. The van der Waals surface area contributed by atoms with Gasteiger partial charge in [0.15, 0.2) is 11.9 Å². The normalized spacial score (nSPS) is 13.3. The molecule has 13 heteroatoms. The van der Waals surface area contributed by atoms with Crippen molar-refractivity contribution in [1.29, 1.82) is 0 Å². The number of benzene rings is 1. The third-order valence-electron chi connectivity index (χ3n) is 4.85. The Morgan fingerprint density at radius 1 is 1.44 bits per heavy atom. The Kier molecular flexibility index (Phi) is 8.43. The van der Waals surface area contributed by atoms with Gasteiger partial charge in [-0.3, -0.25) is 4.57 Å². The zero-order valence-electron chi connectivity index (χ0n) is 18.0. The van der Waals surface area contributed by atoms with E-state index in [9.17, 15) is 18.7 Å². The molecular formula is C21H20ClF3IN4O3P. The number of nitrogens with zero attached hydrogens (tertiary/aromatic N) is 4. The third-order valence-corrected chi connectivity index (χ3v) is 6.50. The summed E-state index contributed by atoms with van der Waals surface area (Å²) in [6, 6.07) is 5.73. The zero-order chi connectivity index (χ0) is 25.2. The summed E-state index contributed by atoms with van der Waals surface area (Å²) in [6.45, 7) is 2.62. The van der Waals surface area contributed by atoms with E-state index >= 15 is 4.39 Å². The van der Waals surface area contributed by atoms with Crippen molar-refractivity contribution < 1.29 is 23.0 Å². The molecule has 3 aromatic rings. The molecule has 0 spiro atoms. The topological polar surface area (TPSA) is 82.2 Å². The van der Waals surface area contributed by atoms with Gasteiger partial charge in [0.2, 0.25) is 0 Å². The van der Waals surface area contributed by atoms with E-state index in [0.717, 1.165) is 17.7 Å². The second-order valence-electron chi connectivity index (χ2n) is 7.12. The van der Waals surface area contributed by atoms with Crippen LogP contribution in [0.1, 0.15) is 30.8 Å². The summed E-state index contributed by atoms with van der Waals surface area (Å²) >= 11 is 7.89. The standard InChI is InChI=1S/C21H20ClF3IN4O3P/c1-3-29-18(10-31)28-30(20(29)32)16-9-17(33-11(2)21(24,25)34)13(8-15(16)26)14(23)7-12-5-4-6-27-19(12)22/h4-9,11,31H,3,10,34H2,1-2H3/b14-7-/t11-/m0/s1. The minimum Gasteiger partial charge on any atom is -0.483 e. The van der Waals surface area contributed by atoms with Crippen molar-refractivity contribution >= 4 is 55.3 Å². The maximum Gasteiger partial charge on any atom is 0.350 e. The van der Waals surface area contributed by atoms with Crippen molar-refractivity contribution in [3.63, 3.8) is 0 Å². The van der Waals surface area contributed by atoms with Gasteiger partial charge >= 0.3 is 5.69 Å². The zero-order valence-corrected chi connectivity index (χ0v) is 22.0. The first kappa shape index (κ1) is 26.7. The summed E-state index contributed by atoms with van der Waals surface area (Å²) in [5.74, 6) is -0.921. The highest BCUT2D eigenvalue weighted by Gasteiger charge is 2.33. The molecule has 0 bridgehead atoms. The minimum atomic E-state index is -3.31. The van der Waals surface area contributed by atoms with Gasteiger partial charge in [-0.1, -0.05) is 26.9 Å². The van der Waals surface area contributed by atoms with Crippen LogP contribution in [-0.4, -0.2) is 36.2 Å². The lowest BCUT2D eigenvalue weighted by Gasteiger charge is -2.23. The highest BCUT2D eigenvalue weighted by Crippen LogP contribution is 2.37. The van der Waals surface area contributed by atoms with Crippen LogP contribution in [0.15, 0.2) is 35.3 Å². The number of alkyl halides is 2. The number of pyridine rings is 1. The monoisotopic (exact) mass is 626 g/mol. The quantitative estimate of drug-likeness (QED) is 0.219. The highest BCUT2D eigenvalue weighted by molar-refractivity contribution is 14.1. The largest absolute Gasteiger partial charge is 0.483 e. The molecule has 0 saturated heterocycles. The molecule has 34 heavy (non-hydrogen) atoms. The lowest BCUT2D eigenvalue weighted by atomic mass is 10.1. The van der Waals surface area contributed by atoms with Crippen LogP contribution < -0.4 is 10.4 Å². The number of rotatable bonds is 8. The van der Waals surface area contributed by atoms with Crippen molar-refractivity contribution in [2.75, 3.05) is 0 Å². The van der Waals surface area contributed by atoms with Crippen LogP contribution in [0.3, 0.4) is 0 Å². The summed E-state index contributed by atoms with van der Waals surface area (Å²) in [7, 11) is 1.38. The van der Waals surface area contributed by atoms with E-state index in [0.29, 0.717) is 3.57 Å². The van der Waals surface area contributed by atoms with Crippen molar-refractivity contribution in [1.82, 2.24) is 19.3 Å². The van der Waals surface area contributed by atoms with Crippen LogP contribution in [0.2, 0.25) is 5.15 Å². The van der Waals surface area contributed by atoms with Crippen molar-refractivity contribution in [3.8, 4) is 11.4 Å². The number of aromatic nitrogens is 4. The summed E-state index contributed by atoms with van der Waals surface area (Å²) < 4.78 is 51.2. The molecule has 2 aromatic heterocycles. The Bertz CT molecular complexity index is 1290. The lowest BCUT2D eigenvalue weighted by Crippen LogP contribution is -2.30. The molecule has 0 radical (unpaired) electrons. The second-order valence-corrected chi connectivity index (χ2v) is 9.41. The van der Waals surface area contributed by atoms with E-state index in [2.05, 4.69) is 10.1 Å². The Morgan fingerprint density at radius 3 is 2.71 bits per heavy atom. The summed E-state index contributed by atoms with van der Waals surface area (Å²) in [4.78, 5) is 16.7. The molecule has 2 atom stereocenters. The molecule has 3 rings (SSSR count). The van der Waals surface area contributed by atoms with Crippen molar-refractivity contribution in [2.24, 2.45) is 0 Å². The lowest BCUT2D eigenvalue weighted by molar-refractivity contribution is -0.00990. The van der Waals surface area contributed by atoms with Gasteiger partial charge in [-0.05, 0) is 54.6 Å². The van der Waals surface area contributed by atoms with Crippen LogP contribution >= 0.6 is 43.4 Å². The van der Waals surface area contributed by atoms with E-state index in [-0.39, 0.29) is 40.1 Å². The second kappa shape index (κ2) is 10.8. The van der Waals surface area contributed by atoms with Gasteiger partial charge in [0.25, 0.3) is 5.66 Å². The molecule has 2 heterocycles. The number of halogens is 5. The molecule has 0 amide bonds. The maximum atomic E-state index is 15.4. The van der Waals surface area contributed by atoms with E-state index in [1.54, 1.807) is 19.1 Å². The fourth-order valence-corrected chi connectivity index (χ4v) is 3.94. The predicted octanol–water partition coefficient (Wildman–Crippen LogP) is 4.90. The molecule has 0 aliphatic rings. The average molecular weight is 627 g/mol. The van der Waals surface area contributed by atoms with Gasteiger partial charge in [-0.25, -0.2) is 14.2 Å².